The largest absolute Gasteiger partial charge is 0.380 e. The molecule has 102 valence electrons. The van der Waals surface area contributed by atoms with Crippen molar-refractivity contribution in [2.45, 2.75) is 13.2 Å². The van der Waals surface area contributed by atoms with Gasteiger partial charge < -0.3 is 10.1 Å². The molecule has 0 aliphatic heterocycles. The molecule has 0 amide bonds. The highest BCUT2D eigenvalue weighted by atomic mass is 32.1. The van der Waals surface area contributed by atoms with Crippen LogP contribution in [0.4, 0.5) is 5.00 Å². The number of fused-ring (bicyclic) bond motifs is 1. The quantitative estimate of drug-likeness (QED) is 0.767. The van der Waals surface area contributed by atoms with Crippen molar-refractivity contribution in [3.63, 3.8) is 0 Å². The minimum absolute atomic E-state index is 0.640. The third kappa shape index (κ3) is 2.66. The van der Waals surface area contributed by atoms with E-state index in [-0.39, 0.29) is 0 Å². The van der Waals surface area contributed by atoms with Crippen molar-refractivity contribution in [3.05, 3.63) is 59.7 Å². The minimum atomic E-state index is 0.640. The van der Waals surface area contributed by atoms with Crippen molar-refractivity contribution < 1.29 is 4.74 Å². The van der Waals surface area contributed by atoms with E-state index in [1.54, 1.807) is 7.11 Å². The molecule has 0 saturated carbocycles. The second-order valence-electron chi connectivity index (χ2n) is 4.58. The molecular weight excluding hydrogens is 268 g/mol. The Morgan fingerprint density at radius 3 is 2.65 bits per heavy atom. The fourth-order valence-corrected chi connectivity index (χ4v) is 2.98. The molecule has 1 aromatic heterocycles. The summed E-state index contributed by atoms with van der Waals surface area (Å²) >= 11 is 1.51. The van der Waals surface area contributed by atoms with E-state index in [1.807, 2.05) is 24.3 Å². The van der Waals surface area contributed by atoms with Gasteiger partial charge in [0.2, 0.25) is 0 Å². The van der Waals surface area contributed by atoms with Crippen molar-refractivity contribution >= 4 is 27.4 Å². The summed E-state index contributed by atoms with van der Waals surface area (Å²) in [5.74, 6) is 0. The molecule has 4 heteroatoms. The molecular formula is C16H16N2OS. The summed E-state index contributed by atoms with van der Waals surface area (Å²) in [7, 11) is 1.72. The van der Waals surface area contributed by atoms with Gasteiger partial charge in [-0.3, -0.25) is 0 Å². The van der Waals surface area contributed by atoms with Gasteiger partial charge in [-0.15, -0.1) is 0 Å². The lowest BCUT2D eigenvalue weighted by Gasteiger charge is -2.09. The van der Waals surface area contributed by atoms with Gasteiger partial charge in [0.05, 0.1) is 12.1 Å². The lowest BCUT2D eigenvalue weighted by Crippen LogP contribution is -2.02. The number of rotatable bonds is 5. The van der Waals surface area contributed by atoms with E-state index in [0.29, 0.717) is 6.61 Å². The zero-order valence-corrected chi connectivity index (χ0v) is 12.1. The monoisotopic (exact) mass is 284 g/mol. The van der Waals surface area contributed by atoms with Crippen LogP contribution in [0, 0.1) is 0 Å². The number of methoxy groups -OCH3 is 1. The van der Waals surface area contributed by atoms with Crippen LogP contribution in [-0.4, -0.2) is 11.5 Å². The zero-order valence-electron chi connectivity index (χ0n) is 11.3. The molecule has 0 bridgehead atoms. The van der Waals surface area contributed by atoms with Gasteiger partial charge in [0, 0.05) is 19.0 Å². The van der Waals surface area contributed by atoms with Crippen LogP contribution >= 0.6 is 11.5 Å². The molecule has 0 saturated heterocycles. The molecule has 0 aliphatic rings. The standard InChI is InChI=1S/C16H16N2OS/c1-19-11-13-7-3-2-6-12(13)10-17-16-14-8-4-5-9-15(14)18-20-16/h2-9,17H,10-11H2,1H3. The summed E-state index contributed by atoms with van der Waals surface area (Å²) in [6, 6.07) is 16.5. The fraction of sp³-hybridized carbons (Fsp3) is 0.188. The van der Waals surface area contributed by atoms with Gasteiger partial charge in [-0.25, -0.2) is 0 Å². The van der Waals surface area contributed by atoms with Crippen LogP contribution < -0.4 is 5.32 Å². The van der Waals surface area contributed by atoms with Crippen LogP contribution in [0.25, 0.3) is 10.9 Å². The van der Waals surface area contributed by atoms with Gasteiger partial charge in [-0.05, 0) is 34.8 Å². The number of hydrogen-bond acceptors (Lipinski definition) is 4. The highest BCUT2D eigenvalue weighted by Crippen LogP contribution is 2.27. The van der Waals surface area contributed by atoms with Crippen LogP contribution in [0.3, 0.4) is 0 Å². The van der Waals surface area contributed by atoms with E-state index in [1.165, 1.54) is 28.0 Å². The van der Waals surface area contributed by atoms with Gasteiger partial charge in [0.25, 0.3) is 0 Å². The average molecular weight is 284 g/mol. The third-order valence-corrected chi connectivity index (χ3v) is 4.08. The van der Waals surface area contributed by atoms with Crippen LogP contribution in [0.1, 0.15) is 11.1 Å². The van der Waals surface area contributed by atoms with E-state index in [9.17, 15) is 0 Å². The minimum Gasteiger partial charge on any atom is -0.380 e. The number of aromatic nitrogens is 1. The van der Waals surface area contributed by atoms with E-state index >= 15 is 0 Å². The van der Waals surface area contributed by atoms with Crippen LogP contribution in [0.2, 0.25) is 0 Å². The van der Waals surface area contributed by atoms with Gasteiger partial charge in [0.15, 0.2) is 0 Å². The van der Waals surface area contributed by atoms with Gasteiger partial charge in [-0.2, -0.15) is 4.37 Å². The second kappa shape index (κ2) is 6.03. The maximum Gasteiger partial charge on any atom is 0.117 e. The number of nitrogens with zero attached hydrogens (tertiary/aromatic N) is 1. The number of hydrogen-bond donors (Lipinski definition) is 1. The molecule has 0 spiro atoms. The van der Waals surface area contributed by atoms with Crippen LogP contribution in [0.5, 0.6) is 0 Å². The Hall–Kier alpha value is -1.91. The lowest BCUT2D eigenvalue weighted by molar-refractivity contribution is 0.184. The van der Waals surface area contributed by atoms with E-state index in [4.69, 9.17) is 4.74 Å². The predicted molar refractivity (Wildman–Crippen MR) is 84.1 cm³/mol. The van der Waals surface area contributed by atoms with Crippen molar-refractivity contribution in [1.29, 1.82) is 0 Å². The first kappa shape index (κ1) is 13.1. The molecule has 20 heavy (non-hydrogen) atoms. The first-order chi connectivity index (χ1) is 9.88. The highest BCUT2D eigenvalue weighted by molar-refractivity contribution is 7.11. The Morgan fingerprint density at radius 1 is 1.05 bits per heavy atom. The normalized spacial score (nSPS) is 10.8. The van der Waals surface area contributed by atoms with Crippen molar-refractivity contribution in [2.24, 2.45) is 0 Å². The Kier molecular flexibility index (Phi) is 3.95. The molecule has 3 aromatic rings. The Balaban J connectivity index is 1.80. The summed E-state index contributed by atoms with van der Waals surface area (Å²) in [6.45, 7) is 1.42. The van der Waals surface area contributed by atoms with Crippen molar-refractivity contribution in [1.82, 2.24) is 4.37 Å². The number of anilines is 1. The van der Waals surface area contributed by atoms with Gasteiger partial charge in [0.1, 0.15) is 5.00 Å². The van der Waals surface area contributed by atoms with E-state index < -0.39 is 0 Å². The SMILES string of the molecule is COCc1ccccc1CNc1snc2ccccc12. The zero-order chi connectivity index (χ0) is 13.8. The van der Waals surface area contributed by atoms with Crippen molar-refractivity contribution in [3.8, 4) is 0 Å². The molecule has 0 fully saturated rings. The summed E-state index contributed by atoms with van der Waals surface area (Å²) in [6.07, 6.45) is 0. The number of nitrogens with one attached hydrogen (secondary N) is 1. The highest BCUT2D eigenvalue weighted by Gasteiger charge is 2.06. The smallest absolute Gasteiger partial charge is 0.117 e. The Morgan fingerprint density at radius 2 is 1.80 bits per heavy atom. The Labute approximate surface area is 122 Å². The molecule has 0 atom stereocenters. The van der Waals surface area contributed by atoms with Gasteiger partial charge >= 0.3 is 0 Å². The average Bonchev–Trinajstić information content (AvgIpc) is 2.90. The Bertz CT molecular complexity index is 708. The molecule has 1 N–H and O–H groups in total. The van der Waals surface area contributed by atoms with Crippen molar-refractivity contribution in [2.75, 3.05) is 12.4 Å². The first-order valence-corrected chi connectivity index (χ1v) is 7.30. The summed E-state index contributed by atoms with van der Waals surface area (Å²) < 4.78 is 9.68. The summed E-state index contributed by atoms with van der Waals surface area (Å²) in [5.41, 5.74) is 3.52. The second-order valence-corrected chi connectivity index (χ2v) is 5.36. The van der Waals surface area contributed by atoms with Crippen LogP contribution in [-0.2, 0) is 17.9 Å². The first-order valence-electron chi connectivity index (χ1n) is 6.52. The third-order valence-electron chi connectivity index (χ3n) is 3.24. The van der Waals surface area contributed by atoms with Gasteiger partial charge in [-0.1, -0.05) is 36.4 Å². The molecule has 1 heterocycles. The maximum atomic E-state index is 5.24. The van der Waals surface area contributed by atoms with E-state index in [2.05, 4.69) is 34.0 Å². The summed E-state index contributed by atoms with van der Waals surface area (Å²) in [5, 5.41) is 5.78. The van der Waals surface area contributed by atoms with Crippen LogP contribution in [0.15, 0.2) is 48.5 Å². The maximum absolute atomic E-state index is 5.24. The topological polar surface area (TPSA) is 34.1 Å². The van der Waals surface area contributed by atoms with E-state index in [0.717, 1.165) is 17.1 Å². The molecule has 0 unspecified atom stereocenters. The molecule has 3 nitrogen and oxygen atoms in total. The summed E-state index contributed by atoms with van der Waals surface area (Å²) in [4.78, 5) is 0. The lowest BCUT2D eigenvalue weighted by atomic mass is 10.1. The predicted octanol–water partition coefficient (Wildman–Crippen LogP) is 4.05. The molecule has 3 rings (SSSR count). The molecule has 2 aromatic carbocycles. The molecule has 0 radical (unpaired) electrons. The number of ether oxygens (including phenoxy) is 1. The fourth-order valence-electron chi connectivity index (χ4n) is 2.22. The number of benzene rings is 2. The molecule has 0 aliphatic carbocycles.